The fourth-order valence-electron chi connectivity index (χ4n) is 4.04. The van der Waals surface area contributed by atoms with Crippen LogP contribution < -0.4 is 0 Å². The average molecular weight is 555 g/mol. The Bertz CT molecular complexity index is 1080. The second-order valence-corrected chi connectivity index (χ2v) is 8.74. The lowest BCUT2D eigenvalue weighted by Crippen LogP contribution is -2.60. The molecule has 0 saturated carbocycles. The minimum atomic E-state index is -1.83. The van der Waals surface area contributed by atoms with E-state index in [2.05, 4.69) is 0 Å². The molecule has 0 aromatic heterocycles. The van der Waals surface area contributed by atoms with E-state index in [4.69, 9.17) is 23.7 Å². The molecule has 1 saturated heterocycles. The summed E-state index contributed by atoms with van der Waals surface area (Å²) in [5.74, 6) is -4.42. The Labute approximate surface area is 222 Å². The monoisotopic (exact) mass is 554 g/mol. The number of phenols is 1. The Kier molecular flexibility index (Phi) is 10.4. The average Bonchev–Trinajstić information content (AvgIpc) is 2.91. The summed E-state index contributed by atoms with van der Waals surface area (Å²) in [4.78, 5) is 36.7. The summed E-state index contributed by atoms with van der Waals surface area (Å²) in [6.07, 6.45) is -8.52. The third-order valence-corrected chi connectivity index (χ3v) is 6.13. The highest BCUT2D eigenvalue weighted by molar-refractivity contribution is 5.91. The summed E-state index contributed by atoms with van der Waals surface area (Å²) in [6.45, 7) is -0.823. The van der Waals surface area contributed by atoms with Crippen LogP contribution in [0.1, 0.15) is 12.0 Å². The number of benzene rings is 1. The summed E-state index contributed by atoms with van der Waals surface area (Å²) in [7, 11) is 1.07. The molecule has 1 aromatic rings. The number of carboxylic acids is 1. The zero-order valence-electron chi connectivity index (χ0n) is 20.8. The third kappa shape index (κ3) is 7.53. The SMILES string of the molecule is COC(=O)C1=CO[C@@H](O[C@@H]2O[C@H](CO)[C@@H](O)[C@H](O)[C@H]2O)/C(=C\C(=O)OCCc2ccc(O)cc2)[C@@H]1CC(=O)O. The zero-order valence-corrected chi connectivity index (χ0v) is 20.8. The number of carbonyl (C=O) groups excluding carboxylic acids is 2. The van der Waals surface area contributed by atoms with E-state index in [1.54, 1.807) is 12.1 Å². The molecular weight excluding hydrogens is 524 g/mol. The first-order valence-electron chi connectivity index (χ1n) is 11.8. The molecule has 39 heavy (non-hydrogen) atoms. The van der Waals surface area contributed by atoms with Gasteiger partial charge in [0.05, 0.1) is 38.6 Å². The molecule has 1 fully saturated rings. The van der Waals surface area contributed by atoms with Gasteiger partial charge in [0.15, 0.2) is 6.29 Å². The highest BCUT2D eigenvalue weighted by atomic mass is 16.8. The molecule has 3 rings (SSSR count). The van der Waals surface area contributed by atoms with Gasteiger partial charge in [-0.15, -0.1) is 0 Å². The van der Waals surface area contributed by atoms with Gasteiger partial charge >= 0.3 is 17.9 Å². The van der Waals surface area contributed by atoms with Crippen LogP contribution in [0.3, 0.4) is 0 Å². The molecule has 2 aliphatic heterocycles. The molecule has 0 unspecified atom stereocenters. The molecule has 0 radical (unpaired) electrons. The number of carbonyl (C=O) groups is 3. The number of aliphatic hydroxyl groups is 4. The molecular formula is C25H30O14. The predicted octanol–water partition coefficient (Wildman–Crippen LogP) is -1.28. The molecule has 7 atom stereocenters. The van der Waals surface area contributed by atoms with Crippen molar-refractivity contribution in [3.8, 4) is 5.75 Å². The van der Waals surface area contributed by atoms with E-state index >= 15 is 0 Å². The standard InChI is InChI=1S/C25H30O14/c1-35-23(34)16-11-37-24(39-25-22(33)21(32)20(31)17(10-26)38-25)15(14(16)8-18(28)29)9-19(30)36-7-6-12-2-4-13(27)5-3-12/h2-5,9,11,14,17,20-22,24-27,31-33H,6-8,10H2,1H3,(H,28,29)/b15-9-/t14-,17+,20+,21-,22+,24-,25-/m0/s1. The first-order chi connectivity index (χ1) is 18.5. The number of esters is 2. The van der Waals surface area contributed by atoms with Crippen molar-refractivity contribution in [3.05, 3.63) is 53.3 Å². The highest BCUT2D eigenvalue weighted by Gasteiger charge is 2.47. The molecule has 6 N–H and O–H groups in total. The smallest absolute Gasteiger partial charge is 0.337 e. The van der Waals surface area contributed by atoms with Crippen LogP contribution in [-0.2, 0) is 44.5 Å². The lowest BCUT2D eigenvalue weighted by Gasteiger charge is -2.41. The number of aliphatic carboxylic acids is 1. The van der Waals surface area contributed by atoms with Gasteiger partial charge in [0, 0.05) is 24.0 Å². The number of hydrogen-bond donors (Lipinski definition) is 6. The predicted molar refractivity (Wildman–Crippen MR) is 126 cm³/mol. The molecule has 214 valence electrons. The lowest BCUT2D eigenvalue weighted by atomic mass is 9.86. The van der Waals surface area contributed by atoms with Crippen molar-refractivity contribution < 1.29 is 68.7 Å². The van der Waals surface area contributed by atoms with Crippen molar-refractivity contribution >= 4 is 17.9 Å². The molecule has 0 spiro atoms. The van der Waals surface area contributed by atoms with Crippen LogP contribution in [0.15, 0.2) is 47.7 Å². The maximum Gasteiger partial charge on any atom is 0.337 e. The molecule has 0 aliphatic carbocycles. The van der Waals surface area contributed by atoms with Gasteiger partial charge in [-0.25, -0.2) is 9.59 Å². The van der Waals surface area contributed by atoms with Gasteiger partial charge in [0.25, 0.3) is 0 Å². The van der Waals surface area contributed by atoms with E-state index in [1.165, 1.54) is 12.1 Å². The molecule has 14 nitrogen and oxygen atoms in total. The summed E-state index contributed by atoms with van der Waals surface area (Å²) in [5, 5.41) is 58.7. The fourth-order valence-corrected chi connectivity index (χ4v) is 4.04. The second kappa shape index (κ2) is 13.5. The van der Waals surface area contributed by atoms with E-state index < -0.39 is 73.8 Å². The number of hydrogen-bond acceptors (Lipinski definition) is 13. The maximum atomic E-state index is 12.7. The first kappa shape index (κ1) is 30.0. The Morgan fingerprint density at radius 3 is 2.36 bits per heavy atom. The van der Waals surface area contributed by atoms with E-state index in [-0.39, 0.29) is 23.5 Å². The molecule has 1 aromatic carbocycles. The molecule has 14 heteroatoms. The first-order valence-corrected chi connectivity index (χ1v) is 11.8. The minimum Gasteiger partial charge on any atom is -0.508 e. The number of aromatic hydroxyl groups is 1. The normalized spacial score (nSPS) is 29.7. The number of methoxy groups -OCH3 is 1. The topological polar surface area (TPSA) is 219 Å². The zero-order chi connectivity index (χ0) is 28.7. The number of carboxylic acid groups (broad SMARTS) is 1. The van der Waals surface area contributed by atoms with Gasteiger partial charge in [-0.2, -0.15) is 0 Å². The van der Waals surface area contributed by atoms with Gasteiger partial charge in [0.2, 0.25) is 6.29 Å². The molecule has 0 bridgehead atoms. The van der Waals surface area contributed by atoms with Crippen LogP contribution in [0.2, 0.25) is 0 Å². The molecule has 2 aliphatic rings. The van der Waals surface area contributed by atoms with Gasteiger partial charge in [-0.05, 0) is 17.7 Å². The number of rotatable bonds is 10. The largest absolute Gasteiger partial charge is 0.508 e. The summed E-state index contributed by atoms with van der Waals surface area (Å²) in [5.41, 5.74) is 0.335. The van der Waals surface area contributed by atoms with Crippen molar-refractivity contribution in [2.45, 2.75) is 49.8 Å². The number of aliphatic hydroxyl groups excluding tert-OH is 4. The van der Waals surface area contributed by atoms with Gasteiger partial charge in [-0.1, -0.05) is 12.1 Å². The summed E-state index contributed by atoms with van der Waals surface area (Å²) >= 11 is 0. The third-order valence-electron chi connectivity index (χ3n) is 6.13. The lowest BCUT2D eigenvalue weighted by molar-refractivity contribution is -0.327. The van der Waals surface area contributed by atoms with Crippen molar-refractivity contribution in [1.29, 1.82) is 0 Å². The van der Waals surface area contributed by atoms with E-state index in [1.807, 2.05) is 0 Å². The van der Waals surface area contributed by atoms with Gasteiger partial charge < -0.3 is 54.3 Å². The Morgan fingerprint density at radius 2 is 1.74 bits per heavy atom. The van der Waals surface area contributed by atoms with Crippen LogP contribution in [0, 0.1) is 5.92 Å². The van der Waals surface area contributed by atoms with Crippen LogP contribution in [0.5, 0.6) is 5.75 Å². The van der Waals surface area contributed by atoms with Crippen LogP contribution in [-0.4, -0.2) is 106 Å². The summed E-state index contributed by atoms with van der Waals surface area (Å²) in [6, 6.07) is 6.21. The van der Waals surface area contributed by atoms with Crippen molar-refractivity contribution in [2.24, 2.45) is 5.92 Å². The Hall–Kier alpha value is -3.53. The quantitative estimate of drug-likeness (QED) is 0.147. The van der Waals surface area contributed by atoms with Crippen molar-refractivity contribution in [2.75, 3.05) is 20.3 Å². The van der Waals surface area contributed by atoms with Crippen molar-refractivity contribution in [3.63, 3.8) is 0 Å². The van der Waals surface area contributed by atoms with E-state index in [0.29, 0.717) is 6.42 Å². The van der Waals surface area contributed by atoms with E-state index in [0.717, 1.165) is 25.0 Å². The Morgan fingerprint density at radius 1 is 1.05 bits per heavy atom. The van der Waals surface area contributed by atoms with Gasteiger partial charge in [0.1, 0.15) is 30.2 Å². The minimum absolute atomic E-state index is 0.0714. The number of phenolic OH excluding ortho intramolecular Hbond substituents is 1. The van der Waals surface area contributed by atoms with Gasteiger partial charge in [-0.3, -0.25) is 4.79 Å². The van der Waals surface area contributed by atoms with Crippen LogP contribution >= 0.6 is 0 Å². The summed E-state index contributed by atoms with van der Waals surface area (Å²) < 4.78 is 26.3. The number of ether oxygens (including phenoxy) is 5. The van der Waals surface area contributed by atoms with Crippen molar-refractivity contribution in [1.82, 2.24) is 0 Å². The second-order valence-electron chi connectivity index (χ2n) is 8.74. The Balaban J connectivity index is 1.86. The highest BCUT2D eigenvalue weighted by Crippen LogP contribution is 2.36. The molecule has 0 amide bonds. The fraction of sp³-hybridized carbons (Fsp3) is 0.480. The van der Waals surface area contributed by atoms with Crippen LogP contribution in [0.4, 0.5) is 0 Å². The maximum absolute atomic E-state index is 12.7. The van der Waals surface area contributed by atoms with Crippen LogP contribution in [0.25, 0.3) is 0 Å². The van der Waals surface area contributed by atoms with E-state index in [9.17, 15) is 45.0 Å². The molecule has 2 heterocycles.